The molecule has 5 heterocycles. The molecule has 14 amide bonds. The van der Waals surface area contributed by atoms with Crippen LogP contribution in [0.2, 0.25) is 0 Å². The number of aromatic amines is 3. The molecule has 0 bridgehead atoms. The first-order chi connectivity index (χ1) is 58.5. The number of imidazole rings is 3. The van der Waals surface area contributed by atoms with Crippen LogP contribution in [0.15, 0.2) is 129 Å². The van der Waals surface area contributed by atoms with E-state index in [2.05, 4.69) is 104 Å². The first-order valence-electron chi connectivity index (χ1n) is 39.5. The zero-order valence-electron chi connectivity index (χ0n) is 67.8. The number of carbonyl (C=O) groups is 14. The van der Waals surface area contributed by atoms with E-state index in [1.165, 1.54) is 44.6 Å². The van der Waals surface area contributed by atoms with Gasteiger partial charge in [0, 0.05) is 124 Å². The van der Waals surface area contributed by atoms with Gasteiger partial charge in [-0.25, -0.2) is 15.0 Å². The second-order valence-corrected chi connectivity index (χ2v) is 30.3. The van der Waals surface area contributed by atoms with Crippen molar-refractivity contribution in [2.24, 2.45) is 30.2 Å². The average molecular weight is 1710 g/mol. The number of H-pyrrole nitrogens is 3. The number of amides is 14. The van der Waals surface area contributed by atoms with Crippen molar-refractivity contribution in [1.82, 2.24) is 114 Å². The molecule has 1 aliphatic rings. The Labute approximate surface area is 705 Å². The number of aliphatic hydroxyl groups is 1. The van der Waals surface area contributed by atoms with E-state index in [0.717, 1.165) is 16.7 Å². The minimum absolute atomic E-state index is 0.0164. The summed E-state index contributed by atoms with van der Waals surface area (Å²) >= 11 is 0.808. The van der Waals surface area contributed by atoms with Gasteiger partial charge >= 0.3 is 0 Å². The van der Waals surface area contributed by atoms with Crippen LogP contribution >= 0.6 is 11.8 Å². The summed E-state index contributed by atoms with van der Waals surface area (Å²) in [5.74, 6) is -15.8. The Morgan fingerprint density at radius 2 is 1.05 bits per heavy atom. The van der Waals surface area contributed by atoms with E-state index in [1.54, 1.807) is 117 Å². The molecule has 0 saturated carbocycles. The van der Waals surface area contributed by atoms with Gasteiger partial charge in [-0.05, 0) is 54.4 Å². The topological polar surface area (TPSA) is 648 Å². The van der Waals surface area contributed by atoms with Crippen LogP contribution in [0.3, 0.4) is 0 Å². The number of benzene rings is 3. The van der Waals surface area contributed by atoms with Gasteiger partial charge in [0.05, 0.1) is 44.4 Å². The van der Waals surface area contributed by atoms with Crippen molar-refractivity contribution in [3.8, 4) is 0 Å². The molecular formula is C79H107N27O15S. The molecule has 42 nitrogen and oxygen atoms in total. The monoisotopic (exact) mass is 1710 g/mol. The van der Waals surface area contributed by atoms with Crippen LogP contribution in [0.1, 0.15) is 79.7 Å². The molecule has 8 rings (SSSR count). The predicted molar refractivity (Wildman–Crippen MR) is 447 cm³/mol. The number of hydrogen-bond acceptors (Lipinski definition) is 21. The number of primary amides is 1. The number of hydrogen-bond donors (Lipinski definition) is 23. The van der Waals surface area contributed by atoms with Crippen LogP contribution < -0.4 is 91.6 Å². The fourth-order valence-electron chi connectivity index (χ4n) is 13.2. The number of aliphatic hydroxyl groups excluding tert-OH is 1. The molecule has 26 N–H and O–H groups in total. The normalized spacial score (nSPS) is 22.0. The van der Waals surface area contributed by atoms with E-state index in [-0.39, 0.29) is 83.7 Å². The lowest BCUT2D eigenvalue weighted by Crippen LogP contribution is -2.61. The highest BCUT2D eigenvalue weighted by atomic mass is 32.2. The number of likely N-dealkylation sites (N-methyl/N-ethyl adjacent to an activating group) is 1. The smallest absolute Gasteiger partial charge is 0.245 e. The first kappa shape index (κ1) is 93.8. The molecule has 1 saturated heterocycles. The SMILES string of the molecule is CC[C@H](C)[C@@H]1NC(=O)[C@H](Cc2ccccc2)NC(=O)CSC[C@@H](C(=O)NCC(N)=O)NC(=O)[C@H](Cc2cncn2C)NC(=O)[C@H](CCCNC(=N)N)NC(=O)[C@H](Cc2cnc[nH]2)NC(=O)[C@H](Cc2ccccc2)N(C)C(=O)[C@H](CCCNC(=N)N)NC(=O)[C@H](CO)NC(=O)CNC(=O)[C@H](Cc2cnc[nH]2)NC(=O)[C@H](Cc2c[nH]c3ccccc23)NC1=O. The van der Waals surface area contributed by atoms with Crippen molar-refractivity contribution in [2.75, 3.05) is 51.3 Å². The molecule has 122 heavy (non-hydrogen) atoms. The summed E-state index contributed by atoms with van der Waals surface area (Å²) in [6.45, 7) is 0.726. The van der Waals surface area contributed by atoms with E-state index in [4.69, 9.17) is 28.0 Å². The highest BCUT2D eigenvalue weighted by Crippen LogP contribution is 2.22. The number of carbonyl (C=O) groups excluding carboxylic acids is 14. The Bertz CT molecular complexity index is 4740. The van der Waals surface area contributed by atoms with Gasteiger partial charge in [-0.15, -0.1) is 11.8 Å². The molecule has 43 heteroatoms. The number of aryl methyl sites for hydroxylation is 1. The molecule has 1 aliphatic heterocycles. The van der Waals surface area contributed by atoms with Crippen molar-refractivity contribution in [1.29, 1.82) is 10.8 Å². The minimum Gasteiger partial charge on any atom is -0.394 e. The standard InChI is InChI=1S/C79H107N27O15S/c1-5-44(2)66-76(120)102-56(28-47-32-90-52-21-13-12-20-51(47)52)70(114)99-57(29-48-33-85-41-93-48)67(111)92-37-64(109)96-60(38-107)74(118)98-54(23-15-25-89-79(83)84)77(121)106(4)62(27-46-18-10-7-11-19-46)75(119)101-58(30-49-34-86-42-94-49)71(115)97-53(22-14-24-88-78(81)82)69(113)100-59(31-50-35-87-43-105(50)3)72(116)103-61(68(112)91-36-63(80)108)39-122-40-65(110)95-55(73(117)104-66)26-45-16-8-6-9-17-45/h6-13,16-21,32-35,41-44,53-62,66,90,107H,5,14-15,22-31,36-40H2,1-4H3,(H2,80,108)(H,85,93)(H,86,94)(H,91,112)(H,92,111)(H,95,110)(H,96,109)(H,97,115)(H,98,118)(H,99,114)(H,100,113)(H,101,119)(H,102,120)(H,103,116)(H,104,117)(H4,81,82,88)(H4,83,84,89)/t44-,53-,54-,55-,56-,57-,58-,59-,60-,61-,62-,66-/m0/s1. The quantitative estimate of drug-likeness (QED) is 0.0137. The van der Waals surface area contributed by atoms with E-state index in [1.807, 2.05) is 0 Å². The first-order valence-corrected chi connectivity index (χ1v) is 40.6. The van der Waals surface area contributed by atoms with E-state index < -0.39 is 198 Å². The Balaban J connectivity index is 1.19. The fourth-order valence-corrected chi connectivity index (χ4v) is 14.1. The summed E-state index contributed by atoms with van der Waals surface area (Å²) in [5.41, 5.74) is 20.0. The molecule has 0 spiro atoms. The minimum atomic E-state index is -1.83. The number of nitrogens with one attached hydrogen (secondary N) is 19. The molecule has 1 fully saturated rings. The summed E-state index contributed by atoms with van der Waals surface area (Å²) in [6.07, 6.45) is 8.17. The van der Waals surface area contributed by atoms with Gasteiger partial charge in [0.1, 0.15) is 66.5 Å². The van der Waals surface area contributed by atoms with Gasteiger partial charge < -0.3 is 121 Å². The molecule has 4 aromatic heterocycles. The third-order valence-electron chi connectivity index (χ3n) is 20.1. The van der Waals surface area contributed by atoms with Gasteiger partial charge in [-0.2, -0.15) is 0 Å². The summed E-state index contributed by atoms with van der Waals surface area (Å²) in [4.78, 5) is 227. The maximum absolute atomic E-state index is 15.4. The zero-order chi connectivity index (χ0) is 88.4. The number of fused-ring (bicyclic) bond motifs is 1. The Morgan fingerprint density at radius 3 is 1.63 bits per heavy atom. The van der Waals surface area contributed by atoms with Crippen molar-refractivity contribution in [3.05, 3.63) is 162 Å². The maximum Gasteiger partial charge on any atom is 0.245 e. The molecule has 0 unspecified atom stereocenters. The van der Waals surface area contributed by atoms with Crippen LogP contribution in [-0.2, 0) is 113 Å². The Hall–Kier alpha value is -13.7. The van der Waals surface area contributed by atoms with Crippen molar-refractivity contribution >= 4 is 117 Å². The Morgan fingerprint density at radius 1 is 0.541 bits per heavy atom. The van der Waals surface area contributed by atoms with Crippen LogP contribution in [-0.4, -0.2) is 257 Å². The van der Waals surface area contributed by atoms with Crippen LogP contribution in [0.4, 0.5) is 0 Å². The van der Waals surface area contributed by atoms with Gasteiger partial charge in [0.25, 0.3) is 0 Å². The molecule has 0 radical (unpaired) electrons. The fraction of sp³-hybridized carbons (Fsp3) is 0.430. The molecule has 3 aromatic carbocycles. The lowest BCUT2D eigenvalue weighted by atomic mass is 9.96. The molecule has 0 aliphatic carbocycles. The van der Waals surface area contributed by atoms with Crippen molar-refractivity contribution in [2.45, 2.75) is 151 Å². The van der Waals surface area contributed by atoms with Gasteiger partial charge in [-0.1, -0.05) is 99.1 Å². The van der Waals surface area contributed by atoms with Gasteiger partial charge in [0.2, 0.25) is 82.7 Å². The number of aromatic nitrogens is 7. The third kappa shape index (κ3) is 29.4. The van der Waals surface area contributed by atoms with Crippen LogP contribution in [0.25, 0.3) is 10.9 Å². The molecule has 12 atom stereocenters. The second kappa shape index (κ2) is 47.2. The summed E-state index contributed by atoms with van der Waals surface area (Å²) in [7, 11) is 2.87. The lowest BCUT2D eigenvalue weighted by molar-refractivity contribution is -0.143. The molecule has 654 valence electrons. The number of para-hydroxylation sites is 1. The van der Waals surface area contributed by atoms with E-state index in [0.29, 0.717) is 44.7 Å². The van der Waals surface area contributed by atoms with Crippen LogP contribution in [0.5, 0.6) is 0 Å². The largest absolute Gasteiger partial charge is 0.394 e. The number of guanidine groups is 2. The predicted octanol–water partition coefficient (Wildman–Crippen LogP) is -5.19. The number of nitrogens with two attached hydrogens (primary N) is 3. The zero-order valence-corrected chi connectivity index (χ0v) is 68.6. The molecular weight excluding hydrogens is 1600 g/mol. The summed E-state index contributed by atoms with van der Waals surface area (Å²) in [6, 6.07) is 6.76. The third-order valence-corrected chi connectivity index (χ3v) is 21.1. The lowest BCUT2D eigenvalue weighted by Gasteiger charge is -2.33. The van der Waals surface area contributed by atoms with Crippen molar-refractivity contribution < 1.29 is 72.2 Å². The van der Waals surface area contributed by atoms with Gasteiger partial charge in [0.15, 0.2) is 11.9 Å². The highest BCUT2D eigenvalue weighted by molar-refractivity contribution is 8.00. The summed E-state index contributed by atoms with van der Waals surface area (Å²) in [5, 5.41) is 64.0. The van der Waals surface area contributed by atoms with Gasteiger partial charge in [-0.3, -0.25) is 77.9 Å². The van der Waals surface area contributed by atoms with Crippen LogP contribution in [0, 0.1) is 16.7 Å². The Kier molecular flexibility index (Phi) is 36.2. The number of nitrogens with zero attached hydrogens (tertiary/aromatic N) is 5. The average Bonchev–Trinajstić information content (AvgIpc) is 1.50. The molecule has 7 aromatic rings. The maximum atomic E-state index is 15.4. The summed E-state index contributed by atoms with van der Waals surface area (Å²) < 4.78 is 1.54. The van der Waals surface area contributed by atoms with E-state index in [9.17, 15) is 38.7 Å². The second-order valence-electron chi connectivity index (χ2n) is 29.3. The highest BCUT2D eigenvalue weighted by Gasteiger charge is 2.40. The number of thioether (sulfide) groups is 1. The van der Waals surface area contributed by atoms with Crippen molar-refractivity contribution in [3.63, 3.8) is 0 Å². The van der Waals surface area contributed by atoms with E-state index >= 15 is 33.6 Å². The number of rotatable bonds is 26.